The smallest absolute Gasteiger partial charge is 0.349 e. The molecule has 11 heteroatoms. The molecule has 0 spiro atoms. The molecule has 33 heavy (non-hydrogen) atoms. The van der Waals surface area contributed by atoms with E-state index in [4.69, 9.17) is 5.73 Å². The van der Waals surface area contributed by atoms with Gasteiger partial charge in [-0.2, -0.15) is 18.3 Å². The van der Waals surface area contributed by atoms with E-state index in [0.717, 1.165) is 32.3 Å². The molecule has 2 aliphatic rings. The molecule has 0 radical (unpaired) electrons. The van der Waals surface area contributed by atoms with Gasteiger partial charge in [-0.05, 0) is 42.7 Å². The molecule has 2 aliphatic carbocycles. The Balaban J connectivity index is 1.47. The number of halogens is 5. The first kappa shape index (κ1) is 23.8. The molecule has 2 saturated carbocycles. The molecule has 0 aliphatic heterocycles. The van der Waals surface area contributed by atoms with E-state index in [1.54, 1.807) is 12.3 Å². The van der Waals surface area contributed by atoms with Gasteiger partial charge in [-0.3, -0.25) is 4.79 Å². The maximum Gasteiger partial charge on any atom is 0.394 e. The van der Waals surface area contributed by atoms with Crippen LogP contribution in [-0.4, -0.2) is 32.6 Å². The zero-order valence-corrected chi connectivity index (χ0v) is 18.5. The summed E-state index contributed by atoms with van der Waals surface area (Å²) in [6.45, 7) is 2.21. The minimum Gasteiger partial charge on any atom is -0.349 e. The van der Waals surface area contributed by atoms with Crippen LogP contribution >= 0.6 is 0 Å². The van der Waals surface area contributed by atoms with E-state index < -0.39 is 23.6 Å². The van der Waals surface area contributed by atoms with Gasteiger partial charge in [-0.1, -0.05) is 13.8 Å². The molecule has 3 N–H and O–H groups in total. The van der Waals surface area contributed by atoms with Gasteiger partial charge in [0.1, 0.15) is 0 Å². The van der Waals surface area contributed by atoms with E-state index in [1.807, 2.05) is 0 Å². The van der Waals surface area contributed by atoms with Crippen molar-refractivity contribution in [1.82, 2.24) is 19.9 Å². The second-order valence-electron chi connectivity index (χ2n) is 10.2. The number of hydrogen-bond donors (Lipinski definition) is 2. The molecular weight excluding hydrogens is 445 g/mol. The van der Waals surface area contributed by atoms with Gasteiger partial charge < -0.3 is 11.1 Å². The lowest BCUT2D eigenvalue weighted by Crippen LogP contribution is -2.39. The predicted molar refractivity (Wildman–Crippen MR) is 110 cm³/mol. The number of fused-ring (bicyclic) bond motifs is 1. The molecule has 0 aromatic carbocycles. The molecule has 2 aromatic rings. The Morgan fingerprint density at radius 2 is 1.97 bits per heavy atom. The first-order chi connectivity index (χ1) is 15.2. The van der Waals surface area contributed by atoms with Crippen LogP contribution in [0.15, 0.2) is 18.5 Å². The maximum atomic E-state index is 13.2. The van der Waals surface area contributed by atoms with Crippen molar-refractivity contribution in [2.45, 2.75) is 76.6 Å². The molecule has 182 valence electrons. The molecule has 2 fully saturated rings. The number of aromatic nitrogens is 3. The quantitative estimate of drug-likeness (QED) is 0.544. The Labute approximate surface area is 188 Å². The van der Waals surface area contributed by atoms with Crippen LogP contribution in [0.2, 0.25) is 0 Å². The van der Waals surface area contributed by atoms with Gasteiger partial charge in [0.2, 0.25) is 11.8 Å². The molecule has 0 saturated heterocycles. The van der Waals surface area contributed by atoms with E-state index in [1.165, 1.54) is 10.7 Å². The molecular formula is C22H28F5N5O. The Kier molecular flexibility index (Phi) is 5.91. The third-order valence-corrected chi connectivity index (χ3v) is 6.66. The van der Waals surface area contributed by atoms with Crippen molar-refractivity contribution >= 4 is 11.6 Å². The van der Waals surface area contributed by atoms with E-state index >= 15 is 0 Å². The van der Waals surface area contributed by atoms with Crippen molar-refractivity contribution in [1.29, 1.82) is 0 Å². The Morgan fingerprint density at radius 1 is 1.30 bits per heavy atom. The van der Waals surface area contributed by atoms with E-state index in [-0.39, 0.29) is 49.5 Å². The van der Waals surface area contributed by atoms with Gasteiger partial charge in [-0.15, -0.1) is 0 Å². The van der Waals surface area contributed by atoms with Gasteiger partial charge in [0, 0.05) is 25.3 Å². The normalized spacial score (nSPS) is 21.0. The minimum atomic E-state index is -4.39. The van der Waals surface area contributed by atoms with Gasteiger partial charge in [0.25, 0.3) is 0 Å². The Bertz CT molecular complexity index is 1020. The highest BCUT2D eigenvalue weighted by atomic mass is 19.4. The zero-order valence-electron chi connectivity index (χ0n) is 18.5. The monoisotopic (exact) mass is 473 g/mol. The fourth-order valence-electron chi connectivity index (χ4n) is 4.36. The second kappa shape index (κ2) is 8.18. The topological polar surface area (TPSA) is 85.3 Å². The fourth-order valence-corrected chi connectivity index (χ4v) is 4.36. The lowest BCUT2D eigenvalue weighted by atomic mass is 9.79. The van der Waals surface area contributed by atoms with Crippen LogP contribution < -0.4 is 11.1 Å². The molecule has 0 bridgehead atoms. The van der Waals surface area contributed by atoms with Crippen LogP contribution in [0.3, 0.4) is 0 Å². The molecule has 4 rings (SSSR count). The van der Waals surface area contributed by atoms with Crippen molar-refractivity contribution in [3.05, 3.63) is 29.7 Å². The zero-order chi connectivity index (χ0) is 24.2. The van der Waals surface area contributed by atoms with Crippen molar-refractivity contribution in [2.75, 3.05) is 0 Å². The third kappa shape index (κ3) is 5.28. The summed E-state index contributed by atoms with van der Waals surface area (Å²) in [5, 5.41) is 7.25. The Morgan fingerprint density at radius 3 is 2.55 bits per heavy atom. The fraction of sp³-hybridized carbons (Fsp3) is 0.682. The standard InChI is InChI=1S/C22H28F5N5O/c1-20(2,22(25,26)27)9-15(28)16-11-32-17(30-16)6-14(10-29-32)19(13-3-4-13)31-18(33)5-12-7-21(23,24)8-12/h6,10-13,15,19H,3-5,7-9,28H2,1-2H3,(H,31,33)/t15-,19?/m0/s1. The van der Waals surface area contributed by atoms with Crippen LogP contribution in [0.25, 0.3) is 5.65 Å². The van der Waals surface area contributed by atoms with Gasteiger partial charge in [0.15, 0.2) is 5.65 Å². The summed E-state index contributed by atoms with van der Waals surface area (Å²) in [6.07, 6.45) is -0.222. The molecule has 1 amide bonds. The number of nitrogens with two attached hydrogens (primary N) is 1. The number of alkyl halides is 5. The number of hydrogen-bond acceptors (Lipinski definition) is 4. The lowest BCUT2D eigenvalue weighted by Gasteiger charge is -2.34. The first-order valence-corrected chi connectivity index (χ1v) is 11.1. The minimum absolute atomic E-state index is 0.0614. The van der Waals surface area contributed by atoms with Crippen molar-refractivity contribution in [2.24, 2.45) is 23.0 Å². The van der Waals surface area contributed by atoms with Crippen LogP contribution in [0.5, 0.6) is 0 Å². The van der Waals surface area contributed by atoms with E-state index in [0.29, 0.717) is 11.3 Å². The first-order valence-electron chi connectivity index (χ1n) is 11.1. The summed E-state index contributed by atoms with van der Waals surface area (Å²) < 4.78 is 67.2. The highest BCUT2D eigenvalue weighted by molar-refractivity contribution is 5.77. The molecule has 2 heterocycles. The number of carbonyl (C=O) groups is 1. The number of carbonyl (C=O) groups excluding carboxylic acids is 1. The average molecular weight is 473 g/mol. The van der Waals surface area contributed by atoms with Crippen LogP contribution in [0.1, 0.15) is 75.7 Å². The summed E-state index contributed by atoms with van der Waals surface area (Å²) in [5.41, 5.74) is 5.51. The number of rotatable bonds is 8. The van der Waals surface area contributed by atoms with Crippen LogP contribution in [-0.2, 0) is 4.79 Å². The summed E-state index contributed by atoms with van der Waals surface area (Å²) in [6, 6.07) is 0.499. The summed E-state index contributed by atoms with van der Waals surface area (Å²) in [5.74, 6) is -3.01. The van der Waals surface area contributed by atoms with E-state index in [2.05, 4.69) is 15.4 Å². The van der Waals surface area contributed by atoms with Gasteiger partial charge >= 0.3 is 6.18 Å². The van der Waals surface area contributed by atoms with Crippen LogP contribution in [0.4, 0.5) is 22.0 Å². The van der Waals surface area contributed by atoms with Gasteiger partial charge in [0.05, 0.1) is 29.5 Å². The molecule has 2 atom stereocenters. The number of imidazole rings is 1. The van der Waals surface area contributed by atoms with Crippen molar-refractivity contribution in [3.63, 3.8) is 0 Å². The second-order valence-corrected chi connectivity index (χ2v) is 10.2. The average Bonchev–Trinajstić information content (AvgIpc) is 3.40. The molecule has 6 nitrogen and oxygen atoms in total. The number of amides is 1. The Hall–Kier alpha value is -2.30. The van der Waals surface area contributed by atoms with Gasteiger partial charge in [-0.25, -0.2) is 18.3 Å². The van der Waals surface area contributed by atoms with Crippen molar-refractivity contribution in [3.8, 4) is 0 Å². The maximum absolute atomic E-state index is 13.2. The lowest BCUT2D eigenvalue weighted by molar-refractivity contribution is -0.215. The predicted octanol–water partition coefficient (Wildman–Crippen LogP) is 4.71. The molecule has 1 unspecified atom stereocenters. The van der Waals surface area contributed by atoms with Crippen LogP contribution in [0, 0.1) is 17.3 Å². The highest BCUT2D eigenvalue weighted by Crippen LogP contribution is 2.45. The summed E-state index contributed by atoms with van der Waals surface area (Å²) in [7, 11) is 0. The largest absolute Gasteiger partial charge is 0.394 e. The SMILES string of the molecule is CC(C)(C[C@H](N)c1cn2ncc(C(NC(=O)CC3CC(F)(F)C3)C3CC3)cc2n1)C(F)(F)F. The molecule has 2 aromatic heterocycles. The number of nitrogens with zero attached hydrogens (tertiary/aromatic N) is 3. The highest BCUT2D eigenvalue weighted by Gasteiger charge is 2.48. The summed E-state index contributed by atoms with van der Waals surface area (Å²) in [4.78, 5) is 16.8. The van der Waals surface area contributed by atoms with Crippen molar-refractivity contribution < 1.29 is 26.7 Å². The third-order valence-electron chi connectivity index (χ3n) is 6.66. The summed E-state index contributed by atoms with van der Waals surface area (Å²) >= 11 is 0. The number of nitrogens with one attached hydrogen (secondary N) is 1. The van der Waals surface area contributed by atoms with E-state index in [9.17, 15) is 26.7 Å².